The van der Waals surface area contributed by atoms with Crippen molar-refractivity contribution < 1.29 is 9.32 Å². The quantitative estimate of drug-likeness (QED) is 0.557. The van der Waals surface area contributed by atoms with Gasteiger partial charge in [-0.1, -0.05) is 19.0 Å². The molecule has 4 N–H and O–H groups in total. The number of nitrogens with zero attached hydrogens (tertiary/aromatic N) is 3. The van der Waals surface area contributed by atoms with Crippen molar-refractivity contribution in [3.05, 3.63) is 35.1 Å². The van der Waals surface area contributed by atoms with Gasteiger partial charge in [-0.3, -0.25) is 4.79 Å². The molecule has 0 unspecified atom stereocenters. The van der Waals surface area contributed by atoms with E-state index < -0.39 is 0 Å². The van der Waals surface area contributed by atoms with Crippen LogP contribution in [-0.4, -0.2) is 21.0 Å². The summed E-state index contributed by atoms with van der Waals surface area (Å²) in [7, 11) is 0. The number of hydrogen-bond acceptors (Lipinski definition) is 7. The lowest BCUT2D eigenvalue weighted by atomic mass is 10.1. The molecule has 8 nitrogen and oxygen atoms in total. The molecule has 1 amide bonds. The van der Waals surface area contributed by atoms with Crippen molar-refractivity contribution in [2.45, 2.75) is 33.2 Å². The Bertz CT molecular complexity index is 637. The fourth-order valence-corrected chi connectivity index (χ4v) is 1.73. The van der Waals surface area contributed by atoms with E-state index in [0.717, 1.165) is 5.69 Å². The number of aromatic nitrogens is 3. The molecule has 0 spiro atoms. The number of pyridine rings is 1. The Hall–Kier alpha value is -2.48. The normalized spacial score (nSPS) is 10.7. The van der Waals surface area contributed by atoms with Gasteiger partial charge < -0.3 is 15.3 Å². The summed E-state index contributed by atoms with van der Waals surface area (Å²) in [5, 5.41) is 6.44. The number of carbonyl (C=O) groups is 1. The molecule has 0 aliphatic carbocycles. The third-order valence-corrected chi connectivity index (χ3v) is 2.82. The number of hydrazine groups is 1. The average molecular weight is 290 g/mol. The van der Waals surface area contributed by atoms with Crippen LogP contribution in [0.25, 0.3) is 0 Å². The number of aryl methyl sites for hydroxylation is 1. The molecule has 0 fully saturated rings. The van der Waals surface area contributed by atoms with Crippen molar-refractivity contribution in [2.24, 2.45) is 5.84 Å². The average Bonchev–Trinajstić information content (AvgIpc) is 2.89. The van der Waals surface area contributed by atoms with Gasteiger partial charge in [0.25, 0.3) is 5.91 Å². The maximum Gasteiger partial charge on any atom is 0.251 e. The summed E-state index contributed by atoms with van der Waals surface area (Å²) in [6, 6.07) is 3.32. The van der Waals surface area contributed by atoms with Crippen LogP contribution in [0.5, 0.6) is 0 Å². The Morgan fingerprint density at radius 2 is 2.14 bits per heavy atom. The highest BCUT2D eigenvalue weighted by atomic mass is 16.5. The van der Waals surface area contributed by atoms with Crippen molar-refractivity contribution in [3.63, 3.8) is 0 Å². The standard InChI is InChI=1S/C13H18N6O2/c1-7(2)10-4-9(5-11(17-10)18-14)13(20)15-6-12-16-8(3)21-19-12/h4-5,7H,6,14H2,1-3H3,(H,15,20)(H,17,18). The fraction of sp³-hybridized carbons (Fsp3) is 0.385. The zero-order valence-electron chi connectivity index (χ0n) is 12.2. The number of carbonyl (C=O) groups excluding carboxylic acids is 1. The van der Waals surface area contributed by atoms with Crippen LogP contribution < -0.4 is 16.6 Å². The van der Waals surface area contributed by atoms with Crippen LogP contribution in [0.15, 0.2) is 16.7 Å². The van der Waals surface area contributed by atoms with E-state index in [0.29, 0.717) is 23.1 Å². The lowest BCUT2D eigenvalue weighted by Crippen LogP contribution is -2.24. The van der Waals surface area contributed by atoms with Crippen LogP contribution in [0.1, 0.15) is 47.5 Å². The highest BCUT2D eigenvalue weighted by molar-refractivity contribution is 5.94. The Kier molecular flexibility index (Phi) is 4.49. The minimum atomic E-state index is -0.252. The van der Waals surface area contributed by atoms with Crippen molar-refractivity contribution >= 4 is 11.7 Å². The Balaban J connectivity index is 2.12. The second-order valence-corrected chi connectivity index (χ2v) is 4.88. The Morgan fingerprint density at radius 3 is 2.71 bits per heavy atom. The van der Waals surface area contributed by atoms with Crippen LogP contribution in [0.4, 0.5) is 5.82 Å². The molecule has 0 saturated carbocycles. The predicted octanol–water partition coefficient (Wildman–Crippen LogP) is 1.11. The molecule has 2 aromatic heterocycles. The van der Waals surface area contributed by atoms with Gasteiger partial charge in [0, 0.05) is 18.2 Å². The first-order valence-electron chi connectivity index (χ1n) is 6.55. The van der Waals surface area contributed by atoms with E-state index in [1.165, 1.54) is 0 Å². The minimum Gasteiger partial charge on any atom is -0.345 e. The van der Waals surface area contributed by atoms with E-state index >= 15 is 0 Å². The number of anilines is 1. The van der Waals surface area contributed by atoms with E-state index in [1.807, 2.05) is 13.8 Å². The molecule has 0 aromatic carbocycles. The smallest absolute Gasteiger partial charge is 0.251 e. The second-order valence-electron chi connectivity index (χ2n) is 4.88. The summed E-state index contributed by atoms with van der Waals surface area (Å²) in [5.74, 6) is 6.64. The first-order valence-corrected chi connectivity index (χ1v) is 6.55. The third-order valence-electron chi connectivity index (χ3n) is 2.82. The van der Waals surface area contributed by atoms with Gasteiger partial charge in [-0.25, -0.2) is 10.8 Å². The number of amides is 1. The van der Waals surface area contributed by atoms with E-state index in [9.17, 15) is 4.79 Å². The summed E-state index contributed by atoms with van der Waals surface area (Å²) < 4.78 is 4.84. The number of rotatable bonds is 5. The Morgan fingerprint density at radius 1 is 1.38 bits per heavy atom. The molecular formula is C13H18N6O2. The first kappa shape index (κ1) is 14.9. The van der Waals surface area contributed by atoms with Gasteiger partial charge in [0.1, 0.15) is 5.82 Å². The molecule has 112 valence electrons. The molecule has 8 heteroatoms. The van der Waals surface area contributed by atoms with Gasteiger partial charge in [0.15, 0.2) is 5.82 Å². The van der Waals surface area contributed by atoms with Crippen molar-refractivity contribution in [3.8, 4) is 0 Å². The molecule has 0 radical (unpaired) electrons. The van der Waals surface area contributed by atoms with Crippen LogP contribution in [0.3, 0.4) is 0 Å². The largest absolute Gasteiger partial charge is 0.345 e. The zero-order chi connectivity index (χ0) is 15.4. The first-order chi connectivity index (χ1) is 9.99. The summed E-state index contributed by atoms with van der Waals surface area (Å²) in [6.07, 6.45) is 0. The number of hydrogen-bond donors (Lipinski definition) is 3. The zero-order valence-corrected chi connectivity index (χ0v) is 12.2. The molecule has 0 bridgehead atoms. The van der Waals surface area contributed by atoms with Crippen molar-refractivity contribution in [2.75, 3.05) is 5.43 Å². The van der Waals surface area contributed by atoms with Crippen molar-refractivity contribution in [1.29, 1.82) is 0 Å². The van der Waals surface area contributed by atoms with Crippen LogP contribution >= 0.6 is 0 Å². The van der Waals surface area contributed by atoms with E-state index in [4.69, 9.17) is 10.4 Å². The summed E-state index contributed by atoms with van der Waals surface area (Å²) >= 11 is 0. The maximum atomic E-state index is 12.2. The third kappa shape index (κ3) is 3.76. The number of nitrogen functional groups attached to an aromatic ring is 1. The molecule has 2 aromatic rings. The van der Waals surface area contributed by atoms with E-state index in [-0.39, 0.29) is 18.4 Å². The molecule has 0 atom stereocenters. The second kappa shape index (κ2) is 6.31. The molecule has 0 aliphatic heterocycles. The van der Waals surface area contributed by atoms with Gasteiger partial charge in [-0.2, -0.15) is 4.98 Å². The lowest BCUT2D eigenvalue weighted by molar-refractivity contribution is 0.0949. The van der Waals surface area contributed by atoms with Crippen LogP contribution in [0.2, 0.25) is 0 Å². The molecular weight excluding hydrogens is 272 g/mol. The van der Waals surface area contributed by atoms with Gasteiger partial charge in [0.2, 0.25) is 5.89 Å². The Labute approximate surface area is 122 Å². The highest BCUT2D eigenvalue weighted by Gasteiger charge is 2.12. The van der Waals surface area contributed by atoms with Gasteiger partial charge in [-0.05, 0) is 18.1 Å². The number of nitrogens with two attached hydrogens (primary N) is 1. The lowest BCUT2D eigenvalue weighted by Gasteiger charge is -2.10. The molecule has 2 rings (SSSR count). The van der Waals surface area contributed by atoms with Gasteiger partial charge in [0.05, 0.1) is 6.54 Å². The molecule has 21 heavy (non-hydrogen) atoms. The highest BCUT2D eigenvalue weighted by Crippen LogP contribution is 2.17. The van der Waals surface area contributed by atoms with E-state index in [2.05, 4.69) is 25.9 Å². The van der Waals surface area contributed by atoms with Crippen LogP contribution in [-0.2, 0) is 6.54 Å². The number of nitrogens with one attached hydrogen (secondary N) is 2. The van der Waals surface area contributed by atoms with E-state index in [1.54, 1.807) is 19.1 Å². The topological polar surface area (TPSA) is 119 Å². The molecule has 0 saturated heterocycles. The maximum absolute atomic E-state index is 12.2. The predicted molar refractivity (Wildman–Crippen MR) is 76.3 cm³/mol. The van der Waals surface area contributed by atoms with Gasteiger partial charge in [-0.15, -0.1) is 0 Å². The summed E-state index contributed by atoms with van der Waals surface area (Å²) in [4.78, 5) is 20.5. The monoisotopic (exact) mass is 290 g/mol. The fourth-order valence-electron chi connectivity index (χ4n) is 1.73. The van der Waals surface area contributed by atoms with Gasteiger partial charge >= 0.3 is 0 Å². The SMILES string of the molecule is Cc1nc(CNC(=O)c2cc(NN)nc(C(C)C)c2)no1. The minimum absolute atomic E-state index is 0.185. The summed E-state index contributed by atoms with van der Waals surface area (Å²) in [5.41, 5.74) is 3.72. The molecule has 0 aliphatic rings. The summed E-state index contributed by atoms with van der Waals surface area (Å²) in [6.45, 7) is 5.87. The van der Waals surface area contributed by atoms with Crippen LogP contribution in [0, 0.1) is 6.92 Å². The van der Waals surface area contributed by atoms with Crippen molar-refractivity contribution in [1.82, 2.24) is 20.4 Å². The molecule has 2 heterocycles.